The first-order valence-electron chi connectivity index (χ1n) is 6.83. The molecule has 0 aliphatic heterocycles. The maximum atomic E-state index is 11.3. The van der Waals surface area contributed by atoms with Crippen LogP contribution in [0, 0.1) is 0 Å². The number of carbonyl (C=O) groups is 1. The van der Waals surface area contributed by atoms with Crippen LogP contribution in [0.3, 0.4) is 0 Å². The molecule has 0 atom stereocenters. The van der Waals surface area contributed by atoms with Crippen molar-refractivity contribution in [2.24, 2.45) is 0 Å². The molecule has 1 aromatic carbocycles. The zero-order valence-electron chi connectivity index (χ0n) is 10.9. The minimum Gasteiger partial charge on any atom is -0.450 e. The van der Waals surface area contributed by atoms with Crippen molar-refractivity contribution in [2.45, 2.75) is 44.9 Å². The summed E-state index contributed by atoms with van der Waals surface area (Å²) in [6.45, 7) is 2.19. The Bertz CT molecular complexity index is 380. The van der Waals surface area contributed by atoms with Crippen LogP contribution in [-0.2, 0) is 4.74 Å². The van der Waals surface area contributed by atoms with Crippen molar-refractivity contribution < 1.29 is 9.53 Å². The molecule has 3 heteroatoms. The molecule has 1 saturated carbocycles. The molecule has 0 aromatic heterocycles. The topological polar surface area (TPSA) is 38.3 Å². The Hall–Kier alpha value is -1.51. The quantitative estimate of drug-likeness (QED) is 0.864. The lowest BCUT2D eigenvalue weighted by Gasteiger charge is -2.22. The predicted molar refractivity (Wildman–Crippen MR) is 72.9 cm³/mol. The molecule has 18 heavy (non-hydrogen) atoms. The van der Waals surface area contributed by atoms with Gasteiger partial charge in [0.25, 0.3) is 0 Å². The molecule has 0 unspecified atom stereocenters. The molecule has 98 valence electrons. The third-order valence-corrected chi connectivity index (χ3v) is 3.51. The number of amides is 1. The molecular formula is C15H21NO2. The molecule has 0 heterocycles. The maximum Gasteiger partial charge on any atom is 0.411 e. The van der Waals surface area contributed by atoms with Crippen LogP contribution in [0.15, 0.2) is 24.3 Å². The number of carbonyl (C=O) groups excluding carboxylic acids is 1. The third-order valence-electron chi connectivity index (χ3n) is 3.51. The summed E-state index contributed by atoms with van der Waals surface area (Å²) in [5.41, 5.74) is 2.19. The molecule has 1 N–H and O–H groups in total. The van der Waals surface area contributed by atoms with Gasteiger partial charge in [0.15, 0.2) is 0 Å². The van der Waals surface area contributed by atoms with E-state index in [1.807, 2.05) is 12.1 Å². The largest absolute Gasteiger partial charge is 0.450 e. The van der Waals surface area contributed by atoms with Crippen LogP contribution >= 0.6 is 0 Å². The third kappa shape index (κ3) is 3.49. The van der Waals surface area contributed by atoms with Crippen LogP contribution < -0.4 is 5.32 Å². The first-order valence-corrected chi connectivity index (χ1v) is 6.83. The van der Waals surface area contributed by atoms with Gasteiger partial charge >= 0.3 is 6.09 Å². The van der Waals surface area contributed by atoms with Crippen LogP contribution in [-0.4, -0.2) is 12.7 Å². The van der Waals surface area contributed by atoms with E-state index < -0.39 is 0 Å². The van der Waals surface area contributed by atoms with Crippen molar-refractivity contribution in [3.63, 3.8) is 0 Å². The fourth-order valence-electron chi connectivity index (χ4n) is 2.56. The summed E-state index contributed by atoms with van der Waals surface area (Å²) >= 11 is 0. The molecule has 1 amide bonds. The van der Waals surface area contributed by atoms with Gasteiger partial charge in [-0.2, -0.15) is 0 Å². The minimum atomic E-state index is -0.386. The van der Waals surface area contributed by atoms with E-state index in [1.54, 1.807) is 6.92 Å². The van der Waals surface area contributed by atoms with Crippen molar-refractivity contribution in [1.82, 2.24) is 0 Å². The van der Waals surface area contributed by atoms with Gasteiger partial charge in [0.05, 0.1) is 6.61 Å². The number of ether oxygens (including phenoxy) is 1. The lowest BCUT2D eigenvalue weighted by Crippen LogP contribution is -2.13. The van der Waals surface area contributed by atoms with E-state index in [2.05, 4.69) is 17.4 Å². The standard InChI is InChI=1S/C15H21NO2/c1-2-18-15(17)16-14-10-8-13(9-11-14)12-6-4-3-5-7-12/h8-12H,2-7H2,1H3,(H,16,17). The van der Waals surface area contributed by atoms with Gasteiger partial charge in [0.1, 0.15) is 0 Å². The van der Waals surface area contributed by atoms with E-state index in [0.717, 1.165) is 5.69 Å². The number of hydrogen-bond acceptors (Lipinski definition) is 2. The second-order valence-electron chi connectivity index (χ2n) is 4.80. The Morgan fingerprint density at radius 2 is 1.89 bits per heavy atom. The summed E-state index contributed by atoms with van der Waals surface area (Å²) in [6, 6.07) is 8.16. The molecule has 0 spiro atoms. The Kier molecular flexibility index (Phi) is 4.62. The highest BCUT2D eigenvalue weighted by Gasteiger charge is 2.15. The van der Waals surface area contributed by atoms with Gasteiger partial charge in [0, 0.05) is 5.69 Å². The zero-order valence-corrected chi connectivity index (χ0v) is 10.9. The number of benzene rings is 1. The molecule has 1 aliphatic carbocycles. The van der Waals surface area contributed by atoms with Crippen LogP contribution in [0.2, 0.25) is 0 Å². The van der Waals surface area contributed by atoms with Crippen molar-refractivity contribution >= 4 is 11.8 Å². The van der Waals surface area contributed by atoms with Gasteiger partial charge < -0.3 is 4.74 Å². The lowest BCUT2D eigenvalue weighted by molar-refractivity contribution is 0.168. The smallest absolute Gasteiger partial charge is 0.411 e. The summed E-state index contributed by atoms with van der Waals surface area (Å²) in [7, 11) is 0. The van der Waals surface area contributed by atoms with Gasteiger partial charge in [-0.3, -0.25) is 5.32 Å². The monoisotopic (exact) mass is 247 g/mol. The molecular weight excluding hydrogens is 226 g/mol. The van der Waals surface area contributed by atoms with E-state index in [-0.39, 0.29) is 6.09 Å². The van der Waals surface area contributed by atoms with Crippen molar-refractivity contribution in [3.05, 3.63) is 29.8 Å². The highest BCUT2D eigenvalue weighted by molar-refractivity contribution is 5.84. The summed E-state index contributed by atoms with van der Waals surface area (Å²) in [5.74, 6) is 0.704. The molecule has 0 bridgehead atoms. The molecule has 0 saturated heterocycles. The summed E-state index contributed by atoms with van der Waals surface area (Å²) in [5, 5.41) is 2.71. The molecule has 2 rings (SSSR count). The van der Waals surface area contributed by atoms with Crippen molar-refractivity contribution in [2.75, 3.05) is 11.9 Å². The van der Waals surface area contributed by atoms with Gasteiger partial charge in [-0.15, -0.1) is 0 Å². The zero-order chi connectivity index (χ0) is 12.8. The fraction of sp³-hybridized carbons (Fsp3) is 0.533. The normalized spacial score (nSPS) is 16.3. The first kappa shape index (κ1) is 12.9. The maximum absolute atomic E-state index is 11.3. The number of anilines is 1. The van der Waals surface area contributed by atoms with Crippen LogP contribution in [0.5, 0.6) is 0 Å². The number of nitrogens with one attached hydrogen (secondary N) is 1. The van der Waals surface area contributed by atoms with Crippen molar-refractivity contribution in [1.29, 1.82) is 0 Å². The lowest BCUT2D eigenvalue weighted by atomic mass is 9.84. The van der Waals surface area contributed by atoms with Gasteiger partial charge in [-0.1, -0.05) is 31.4 Å². The van der Waals surface area contributed by atoms with Gasteiger partial charge in [-0.05, 0) is 43.4 Å². The Morgan fingerprint density at radius 3 is 2.50 bits per heavy atom. The molecule has 1 aromatic rings. The van der Waals surface area contributed by atoms with E-state index in [1.165, 1.54) is 37.7 Å². The van der Waals surface area contributed by atoms with Crippen LogP contribution in [0.1, 0.15) is 50.5 Å². The highest BCUT2D eigenvalue weighted by atomic mass is 16.5. The summed E-state index contributed by atoms with van der Waals surface area (Å²) < 4.78 is 4.84. The predicted octanol–water partition coefficient (Wildman–Crippen LogP) is 4.30. The molecule has 0 radical (unpaired) electrons. The Labute approximate surface area is 109 Å². The molecule has 1 aliphatic rings. The van der Waals surface area contributed by atoms with Crippen LogP contribution in [0.4, 0.5) is 10.5 Å². The number of hydrogen-bond donors (Lipinski definition) is 1. The van der Waals surface area contributed by atoms with E-state index >= 15 is 0 Å². The first-order chi connectivity index (χ1) is 8.79. The minimum absolute atomic E-state index is 0.386. The van der Waals surface area contributed by atoms with E-state index in [0.29, 0.717) is 12.5 Å². The summed E-state index contributed by atoms with van der Waals surface area (Å²) in [6.07, 6.45) is 6.26. The fourth-order valence-corrected chi connectivity index (χ4v) is 2.56. The summed E-state index contributed by atoms with van der Waals surface area (Å²) in [4.78, 5) is 11.3. The second-order valence-corrected chi connectivity index (χ2v) is 4.80. The SMILES string of the molecule is CCOC(=O)Nc1ccc(C2CCCCC2)cc1. The van der Waals surface area contributed by atoms with E-state index in [9.17, 15) is 4.79 Å². The number of rotatable bonds is 3. The molecule has 1 fully saturated rings. The van der Waals surface area contributed by atoms with Crippen LogP contribution in [0.25, 0.3) is 0 Å². The van der Waals surface area contributed by atoms with E-state index in [4.69, 9.17) is 4.74 Å². The average molecular weight is 247 g/mol. The van der Waals surface area contributed by atoms with Gasteiger partial charge in [-0.25, -0.2) is 4.79 Å². The van der Waals surface area contributed by atoms with Gasteiger partial charge in [0.2, 0.25) is 0 Å². The average Bonchev–Trinajstić information content (AvgIpc) is 2.41. The Balaban J connectivity index is 1.94. The highest BCUT2D eigenvalue weighted by Crippen LogP contribution is 2.32. The van der Waals surface area contributed by atoms with Crippen molar-refractivity contribution in [3.8, 4) is 0 Å². The molecule has 3 nitrogen and oxygen atoms in total. The second kappa shape index (κ2) is 6.43. The Morgan fingerprint density at radius 1 is 1.22 bits per heavy atom.